The summed E-state index contributed by atoms with van der Waals surface area (Å²) in [4.78, 5) is 16.4. The number of aromatic nitrogens is 1. The Hall–Kier alpha value is -1.01. The van der Waals surface area contributed by atoms with Crippen molar-refractivity contribution in [2.45, 2.75) is 75.4 Å². The van der Waals surface area contributed by atoms with E-state index in [4.69, 9.17) is 10.2 Å². The number of nitrogens with two attached hydrogens (primary N) is 1. The zero-order chi connectivity index (χ0) is 15.6. The number of hydrogen-bond donors (Lipinski definition) is 2. The molecule has 1 aromatic heterocycles. The molecule has 6 heteroatoms. The lowest BCUT2D eigenvalue weighted by Gasteiger charge is -2.40. The molecule has 1 saturated carbocycles. The summed E-state index contributed by atoms with van der Waals surface area (Å²) in [6.07, 6.45) is 3.58. The van der Waals surface area contributed by atoms with Crippen LogP contribution in [0, 0.1) is 13.8 Å². The Kier molecular flexibility index (Phi) is 4.99. The summed E-state index contributed by atoms with van der Waals surface area (Å²) in [6.45, 7) is 7.95. The molecule has 1 heterocycles. The number of nitrogens with zero attached hydrogens (tertiary/aromatic N) is 1. The molecule has 0 saturated heterocycles. The van der Waals surface area contributed by atoms with Crippen molar-refractivity contribution in [1.29, 1.82) is 0 Å². The number of thioether (sulfide) groups is 1. The van der Waals surface area contributed by atoms with Crippen LogP contribution in [0.25, 0.3) is 0 Å². The molecule has 2 atom stereocenters. The van der Waals surface area contributed by atoms with Gasteiger partial charge in [0, 0.05) is 11.3 Å². The molecule has 118 valence electrons. The maximum atomic E-state index is 12.0. The summed E-state index contributed by atoms with van der Waals surface area (Å²) in [7, 11) is 0. The number of oxazole rings is 1. The molecule has 1 aliphatic carbocycles. The van der Waals surface area contributed by atoms with Gasteiger partial charge in [-0.15, -0.1) is 0 Å². The van der Waals surface area contributed by atoms with Gasteiger partial charge in [-0.05, 0) is 53.4 Å². The van der Waals surface area contributed by atoms with Crippen LogP contribution >= 0.6 is 11.8 Å². The fraction of sp³-hybridized carbons (Fsp3) is 0.733. The van der Waals surface area contributed by atoms with Gasteiger partial charge in [-0.2, -0.15) is 0 Å². The van der Waals surface area contributed by atoms with Crippen LogP contribution in [0.4, 0.5) is 0 Å². The first kappa shape index (κ1) is 16.4. The lowest BCUT2D eigenvalue weighted by atomic mass is 9.80. The lowest BCUT2D eigenvalue weighted by Crippen LogP contribution is -2.60. The molecular weight excluding hydrogens is 286 g/mol. The number of nitrogens with one attached hydrogen (secondary N) is 1. The van der Waals surface area contributed by atoms with E-state index >= 15 is 0 Å². The monoisotopic (exact) mass is 311 g/mol. The van der Waals surface area contributed by atoms with Crippen LogP contribution in [0.2, 0.25) is 0 Å². The summed E-state index contributed by atoms with van der Waals surface area (Å²) in [6, 6.07) is 0.229. The molecule has 0 radical (unpaired) electrons. The van der Waals surface area contributed by atoms with Crippen molar-refractivity contribution in [3.05, 3.63) is 11.5 Å². The number of primary amides is 1. The Bertz CT molecular complexity index is 496. The number of carbonyl (C=O) groups is 1. The van der Waals surface area contributed by atoms with E-state index in [0.29, 0.717) is 10.5 Å². The summed E-state index contributed by atoms with van der Waals surface area (Å²) in [5.74, 6) is 0.607. The van der Waals surface area contributed by atoms with Gasteiger partial charge in [0.25, 0.3) is 5.22 Å². The Morgan fingerprint density at radius 3 is 2.76 bits per heavy atom. The molecule has 1 fully saturated rings. The predicted octanol–water partition coefficient (Wildman–Crippen LogP) is 2.55. The van der Waals surface area contributed by atoms with Gasteiger partial charge in [0.05, 0.1) is 11.2 Å². The average molecular weight is 311 g/mol. The second kappa shape index (κ2) is 6.40. The number of hydrogen-bond acceptors (Lipinski definition) is 5. The third-order valence-corrected chi connectivity index (χ3v) is 5.13. The van der Waals surface area contributed by atoms with E-state index in [9.17, 15) is 4.79 Å². The highest BCUT2D eigenvalue weighted by Gasteiger charge is 2.42. The Balaban J connectivity index is 2.09. The van der Waals surface area contributed by atoms with E-state index in [0.717, 1.165) is 37.1 Å². The number of amides is 1. The average Bonchev–Trinajstić information content (AvgIpc) is 2.67. The number of carbonyl (C=O) groups excluding carboxylic acids is 1. The van der Waals surface area contributed by atoms with E-state index in [1.165, 1.54) is 0 Å². The maximum absolute atomic E-state index is 12.0. The highest BCUT2D eigenvalue weighted by atomic mass is 32.2. The minimum Gasteiger partial charge on any atom is -0.437 e. The van der Waals surface area contributed by atoms with E-state index in [1.807, 2.05) is 27.7 Å². The minimum atomic E-state index is -0.596. The third kappa shape index (κ3) is 3.80. The van der Waals surface area contributed by atoms with Gasteiger partial charge in [0.2, 0.25) is 5.91 Å². The lowest BCUT2D eigenvalue weighted by molar-refractivity contribution is -0.126. The predicted molar refractivity (Wildman–Crippen MR) is 84.3 cm³/mol. The number of aryl methyl sites for hydroxylation is 2. The quantitative estimate of drug-likeness (QED) is 0.873. The van der Waals surface area contributed by atoms with Crippen LogP contribution in [-0.4, -0.2) is 27.7 Å². The van der Waals surface area contributed by atoms with Crippen LogP contribution in [-0.2, 0) is 4.79 Å². The highest BCUT2D eigenvalue weighted by Crippen LogP contribution is 2.38. The van der Waals surface area contributed by atoms with Crippen molar-refractivity contribution in [1.82, 2.24) is 10.3 Å². The highest BCUT2D eigenvalue weighted by molar-refractivity contribution is 7.99. The fourth-order valence-electron chi connectivity index (χ4n) is 2.94. The first-order chi connectivity index (χ1) is 9.82. The molecule has 0 spiro atoms. The molecule has 0 aromatic carbocycles. The van der Waals surface area contributed by atoms with Crippen LogP contribution in [0.3, 0.4) is 0 Å². The molecule has 2 unspecified atom stereocenters. The van der Waals surface area contributed by atoms with E-state index in [-0.39, 0.29) is 11.9 Å². The normalized spacial score (nSPS) is 26.2. The molecule has 1 aromatic rings. The molecule has 3 N–H and O–H groups in total. The van der Waals surface area contributed by atoms with Crippen LogP contribution < -0.4 is 11.1 Å². The van der Waals surface area contributed by atoms with Crippen molar-refractivity contribution in [3.8, 4) is 0 Å². The largest absolute Gasteiger partial charge is 0.437 e. The third-order valence-electron chi connectivity index (χ3n) is 4.02. The second-order valence-corrected chi connectivity index (χ2v) is 7.45. The molecule has 1 aliphatic rings. The molecule has 0 aliphatic heterocycles. The van der Waals surface area contributed by atoms with E-state index in [1.54, 1.807) is 11.8 Å². The Morgan fingerprint density at radius 2 is 2.24 bits per heavy atom. The van der Waals surface area contributed by atoms with Crippen molar-refractivity contribution in [2.24, 2.45) is 5.73 Å². The molecule has 21 heavy (non-hydrogen) atoms. The maximum Gasteiger partial charge on any atom is 0.256 e. The van der Waals surface area contributed by atoms with Crippen molar-refractivity contribution in [2.75, 3.05) is 0 Å². The van der Waals surface area contributed by atoms with Gasteiger partial charge in [-0.25, -0.2) is 4.98 Å². The fourth-order valence-corrected chi connectivity index (χ4v) is 4.24. The number of rotatable bonds is 5. The standard InChI is InChI=1S/C15H25N3O2S/c1-9(2)18-15(13(16)19)7-5-6-12(8-15)21-14-17-10(3)11(4)20-14/h9,12,18H,5-8H2,1-4H3,(H2,16,19). The molecule has 1 amide bonds. The Labute approximate surface area is 130 Å². The second-order valence-electron chi connectivity index (χ2n) is 6.20. The van der Waals surface area contributed by atoms with Crippen molar-refractivity contribution >= 4 is 17.7 Å². The van der Waals surface area contributed by atoms with Crippen LogP contribution in [0.15, 0.2) is 9.64 Å². The van der Waals surface area contributed by atoms with Crippen LogP contribution in [0.1, 0.15) is 51.0 Å². The van der Waals surface area contributed by atoms with Crippen LogP contribution in [0.5, 0.6) is 0 Å². The topological polar surface area (TPSA) is 81.1 Å². The van der Waals surface area contributed by atoms with Gasteiger partial charge >= 0.3 is 0 Å². The summed E-state index contributed by atoms with van der Waals surface area (Å²) in [5.41, 5.74) is 6.01. The zero-order valence-electron chi connectivity index (χ0n) is 13.2. The first-order valence-corrected chi connectivity index (χ1v) is 8.38. The molecule has 2 rings (SSSR count). The minimum absolute atomic E-state index is 0.229. The van der Waals surface area contributed by atoms with Crippen molar-refractivity contribution in [3.63, 3.8) is 0 Å². The van der Waals surface area contributed by atoms with Gasteiger partial charge in [0.15, 0.2) is 0 Å². The molecule has 0 bridgehead atoms. The molecular formula is C15H25N3O2S. The SMILES string of the molecule is Cc1nc(SC2CCCC(NC(C)C)(C(N)=O)C2)oc1C. The summed E-state index contributed by atoms with van der Waals surface area (Å²) >= 11 is 1.62. The summed E-state index contributed by atoms with van der Waals surface area (Å²) in [5, 5.41) is 4.38. The first-order valence-electron chi connectivity index (χ1n) is 7.51. The van der Waals surface area contributed by atoms with E-state index in [2.05, 4.69) is 10.3 Å². The van der Waals surface area contributed by atoms with Gasteiger partial charge in [0.1, 0.15) is 5.76 Å². The van der Waals surface area contributed by atoms with Gasteiger partial charge in [-0.3, -0.25) is 4.79 Å². The summed E-state index contributed by atoms with van der Waals surface area (Å²) < 4.78 is 5.64. The van der Waals surface area contributed by atoms with Gasteiger partial charge < -0.3 is 15.5 Å². The van der Waals surface area contributed by atoms with Crippen molar-refractivity contribution < 1.29 is 9.21 Å². The Morgan fingerprint density at radius 1 is 1.52 bits per heavy atom. The van der Waals surface area contributed by atoms with E-state index < -0.39 is 5.54 Å². The molecule has 5 nitrogen and oxygen atoms in total. The smallest absolute Gasteiger partial charge is 0.256 e. The zero-order valence-corrected chi connectivity index (χ0v) is 14.0. The van der Waals surface area contributed by atoms with Gasteiger partial charge in [-0.1, -0.05) is 11.8 Å².